The van der Waals surface area contributed by atoms with Crippen molar-refractivity contribution in [1.82, 2.24) is 0 Å². The first-order valence-corrected chi connectivity index (χ1v) is 6.26. The van der Waals surface area contributed by atoms with E-state index in [1.165, 1.54) is 30.0 Å². The molecule has 0 aromatic heterocycles. The number of thioether (sulfide) groups is 1. The van der Waals surface area contributed by atoms with E-state index in [0.717, 1.165) is 4.90 Å². The summed E-state index contributed by atoms with van der Waals surface area (Å²) in [6.07, 6.45) is 0. The van der Waals surface area contributed by atoms with Gasteiger partial charge in [0.2, 0.25) is 0 Å². The monoisotopic (exact) mass is 263 g/mol. The van der Waals surface area contributed by atoms with E-state index in [0.29, 0.717) is 11.3 Å². The van der Waals surface area contributed by atoms with Crippen molar-refractivity contribution in [2.45, 2.75) is 10.6 Å². The van der Waals surface area contributed by atoms with Gasteiger partial charge in [0.05, 0.1) is 4.92 Å². The first kappa shape index (κ1) is 12.6. The van der Waals surface area contributed by atoms with Gasteiger partial charge in [-0.1, -0.05) is 18.2 Å². The van der Waals surface area contributed by atoms with Crippen molar-refractivity contribution in [3.63, 3.8) is 0 Å². The highest BCUT2D eigenvalue weighted by atomic mass is 32.2. The maximum atomic E-state index is 12.7. The van der Waals surface area contributed by atoms with Crippen molar-refractivity contribution in [2.24, 2.45) is 0 Å². The number of hydrogen-bond acceptors (Lipinski definition) is 3. The minimum atomic E-state index is -0.388. The normalized spacial score (nSPS) is 10.3. The molecule has 92 valence electrons. The molecule has 0 unspecified atom stereocenters. The Hall–Kier alpha value is -1.88. The average Bonchev–Trinajstić information content (AvgIpc) is 2.38. The van der Waals surface area contributed by atoms with E-state index in [2.05, 4.69) is 0 Å². The fourth-order valence-electron chi connectivity index (χ4n) is 1.50. The zero-order chi connectivity index (χ0) is 13.0. The molecule has 2 rings (SSSR count). The molecule has 0 bridgehead atoms. The molecular weight excluding hydrogens is 253 g/mol. The lowest BCUT2D eigenvalue weighted by molar-refractivity contribution is -0.385. The van der Waals surface area contributed by atoms with Crippen LogP contribution >= 0.6 is 11.8 Å². The molecule has 0 atom stereocenters. The summed E-state index contributed by atoms with van der Waals surface area (Å²) in [6.45, 7) is 0. The van der Waals surface area contributed by atoms with Gasteiger partial charge in [-0.25, -0.2) is 4.39 Å². The van der Waals surface area contributed by atoms with Crippen LogP contribution in [0.4, 0.5) is 10.1 Å². The highest BCUT2D eigenvalue weighted by Crippen LogP contribution is 2.27. The van der Waals surface area contributed by atoms with E-state index in [-0.39, 0.29) is 16.4 Å². The Morgan fingerprint density at radius 3 is 2.44 bits per heavy atom. The van der Waals surface area contributed by atoms with Gasteiger partial charge >= 0.3 is 0 Å². The summed E-state index contributed by atoms with van der Waals surface area (Å²) < 4.78 is 12.7. The van der Waals surface area contributed by atoms with Gasteiger partial charge in [-0.05, 0) is 24.3 Å². The second-order valence-electron chi connectivity index (χ2n) is 3.63. The zero-order valence-corrected chi connectivity index (χ0v) is 10.2. The number of nitro groups is 1. The van der Waals surface area contributed by atoms with Crippen molar-refractivity contribution in [3.05, 3.63) is 70.0 Å². The molecule has 0 saturated carbocycles. The van der Waals surface area contributed by atoms with E-state index in [1.54, 1.807) is 30.3 Å². The van der Waals surface area contributed by atoms with Gasteiger partial charge in [0.25, 0.3) is 5.69 Å². The Morgan fingerprint density at radius 1 is 1.11 bits per heavy atom. The van der Waals surface area contributed by atoms with Crippen molar-refractivity contribution in [2.75, 3.05) is 0 Å². The third kappa shape index (κ3) is 3.07. The third-order valence-corrected chi connectivity index (χ3v) is 3.46. The minimum Gasteiger partial charge on any atom is -0.258 e. The number of nitrogens with zero attached hydrogens (tertiary/aromatic N) is 1. The predicted molar refractivity (Wildman–Crippen MR) is 69.1 cm³/mol. The summed E-state index contributed by atoms with van der Waals surface area (Å²) in [4.78, 5) is 11.3. The largest absolute Gasteiger partial charge is 0.273 e. The van der Waals surface area contributed by atoms with Crippen LogP contribution in [0.15, 0.2) is 53.4 Å². The molecule has 5 heteroatoms. The summed E-state index contributed by atoms with van der Waals surface area (Å²) in [6, 6.07) is 12.7. The van der Waals surface area contributed by atoms with Crippen LogP contribution < -0.4 is 0 Å². The summed E-state index contributed by atoms with van der Waals surface area (Å²) in [5, 5.41) is 10.8. The molecule has 0 aliphatic heterocycles. The molecule has 0 fully saturated rings. The van der Waals surface area contributed by atoms with Crippen LogP contribution in [-0.4, -0.2) is 4.92 Å². The summed E-state index contributed by atoms with van der Waals surface area (Å²) in [7, 11) is 0. The van der Waals surface area contributed by atoms with Crippen LogP contribution in [-0.2, 0) is 5.75 Å². The minimum absolute atomic E-state index is 0.118. The number of hydrogen-bond donors (Lipinski definition) is 0. The van der Waals surface area contributed by atoms with Crippen LogP contribution in [0, 0.1) is 15.9 Å². The molecular formula is C13H10FNO2S. The topological polar surface area (TPSA) is 43.1 Å². The van der Waals surface area contributed by atoms with Gasteiger partial charge in [-0.2, -0.15) is 0 Å². The van der Waals surface area contributed by atoms with E-state index in [9.17, 15) is 14.5 Å². The lowest BCUT2D eigenvalue weighted by Gasteiger charge is -2.03. The molecule has 0 aliphatic carbocycles. The lowest BCUT2D eigenvalue weighted by atomic mass is 10.2. The molecule has 0 amide bonds. The molecule has 0 spiro atoms. The maximum absolute atomic E-state index is 12.7. The smallest absolute Gasteiger partial charge is 0.258 e. The van der Waals surface area contributed by atoms with Gasteiger partial charge in [0, 0.05) is 22.3 Å². The summed E-state index contributed by atoms with van der Waals surface area (Å²) in [5.41, 5.74) is 0.781. The van der Waals surface area contributed by atoms with E-state index in [4.69, 9.17) is 0 Å². The molecule has 3 nitrogen and oxygen atoms in total. The van der Waals surface area contributed by atoms with Crippen molar-refractivity contribution in [1.29, 1.82) is 0 Å². The van der Waals surface area contributed by atoms with Crippen LogP contribution in [0.3, 0.4) is 0 Å². The molecule has 0 saturated heterocycles. The second-order valence-corrected chi connectivity index (χ2v) is 4.68. The van der Waals surface area contributed by atoms with Crippen LogP contribution in [0.2, 0.25) is 0 Å². The molecule has 2 aromatic carbocycles. The molecule has 0 aliphatic rings. The van der Waals surface area contributed by atoms with Crippen LogP contribution in [0.5, 0.6) is 0 Å². The molecule has 0 N–H and O–H groups in total. The van der Waals surface area contributed by atoms with Gasteiger partial charge in [0.15, 0.2) is 0 Å². The molecule has 0 heterocycles. The number of rotatable bonds is 4. The quantitative estimate of drug-likeness (QED) is 0.475. The van der Waals surface area contributed by atoms with E-state index < -0.39 is 0 Å². The highest BCUT2D eigenvalue weighted by Gasteiger charge is 2.12. The highest BCUT2D eigenvalue weighted by molar-refractivity contribution is 7.98. The Labute approximate surface area is 108 Å². The average molecular weight is 263 g/mol. The zero-order valence-electron chi connectivity index (χ0n) is 9.38. The van der Waals surface area contributed by atoms with Crippen molar-refractivity contribution < 1.29 is 9.31 Å². The van der Waals surface area contributed by atoms with Gasteiger partial charge in [0.1, 0.15) is 5.82 Å². The molecule has 18 heavy (non-hydrogen) atoms. The SMILES string of the molecule is O=[N+]([O-])c1ccccc1CSc1ccc(F)cc1. The van der Waals surface area contributed by atoms with E-state index >= 15 is 0 Å². The Bertz CT molecular complexity index is 557. The van der Waals surface area contributed by atoms with Crippen LogP contribution in [0.1, 0.15) is 5.56 Å². The molecule has 0 radical (unpaired) electrons. The summed E-state index contributed by atoms with van der Waals surface area (Å²) in [5.74, 6) is 0.202. The number of benzene rings is 2. The first-order valence-electron chi connectivity index (χ1n) is 5.27. The number of para-hydroxylation sites is 1. The number of halogens is 1. The Morgan fingerprint density at radius 2 is 1.78 bits per heavy atom. The number of nitro benzene ring substituents is 1. The van der Waals surface area contributed by atoms with Gasteiger partial charge in [-0.3, -0.25) is 10.1 Å². The predicted octanol–water partition coefficient (Wildman–Crippen LogP) is 4.03. The van der Waals surface area contributed by atoms with Crippen molar-refractivity contribution in [3.8, 4) is 0 Å². The summed E-state index contributed by atoms with van der Waals surface area (Å²) >= 11 is 1.44. The second kappa shape index (κ2) is 5.64. The standard InChI is InChI=1S/C13H10FNO2S/c14-11-5-7-12(8-6-11)18-9-10-3-1-2-4-13(10)15(16)17/h1-8H,9H2. The van der Waals surface area contributed by atoms with Gasteiger partial charge < -0.3 is 0 Å². The lowest BCUT2D eigenvalue weighted by Crippen LogP contribution is -1.93. The third-order valence-electron chi connectivity index (χ3n) is 2.40. The Balaban J connectivity index is 2.10. The van der Waals surface area contributed by atoms with E-state index in [1.807, 2.05) is 0 Å². The fourth-order valence-corrected chi connectivity index (χ4v) is 2.40. The maximum Gasteiger partial charge on any atom is 0.273 e. The van der Waals surface area contributed by atoms with Crippen molar-refractivity contribution >= 4 is 17.4 Å². The fraction of sp³-hybridized carbons (Fsp3) is 0.0769. The van der Waals surface area contributed by atoms with Crippen LogP contribution in [0.25, 0.3) is 0 Å². The Kier molecular flexibility index (Phi) is 3.94. The van der Waals surface area contributed by atoms with Gasteiger partial charge in [-0.15, -0.1) is 11.8 Å². The first-order chi connectivity index (χ1) is 8.66. The molecule has 2 aromatic rings.